The van der Waals surface area contributed by atoms with Crippen LogP contribution in [0.5, 0.6) is 11.5 Å². The summed E-state index contributed by atoms with van der Waals surface area (Å²) in [6.07, 6.45) is 2.99. The maximum absolute atomic E-state index is 12.6. The molecule has 2 N–H and O–H groups in total. The lowest BCUT2D eigenvalue weighted by molar-refractivity contribution is -0.121. The number of para-hydroxylation sites is 2. The third kappa shape index (κ3) is 4.59. The van der Waals surface area contributed by atoms with Gasteiger partial charge in [-0.3, -0.25) is 9.59 Å². The second kappa shape index (κ2) is 9.55. The summed E-state index contributed by atoms with van der Waals surface area (Å²) in [6, 6.07) is 15.1. The second-order valence-corrected chi connectivity index (χ2v) is 7.66. The summed E-state index contributed by atoms with van der Waals surface area (Å²) in [5.74, 6) is 1.43. The van der Waals surface area contributed by atoms with Gasteiger partial charge in [-0.15, -0.1) is 0 Å². The molecule has 1 atom stereocenters. The van der Waals surface area contributed by atoms with E-state index in [4.69, 9.17) is 9.47 Å². The zero-order valence-electron chi connectivity index (χ0n) is 18.1. The smallest absolute Gasteiger partial charge is 0.227 e. The molecule has 0 radical (unpaired) electrons. The normalized spacial score (nSPS) is 14.9. The molecule has 3 aromatic rings. The van der Waals surface area contributed by atoms with E-state index in [2.05, 4.69) is 15.7 Å². The first-order valence-corrected chi connectivity index (χ1v) is 10.5. The molecule has 0 saturated carbocycles. The average molecular weight is 434 g/mol. The van der Waals surface area contributed by atoms with Gasteiger partial charge in [-0.05, 0) is 30.5 Å². The molecule has 32 heavy (non-hydrogen) atoms. The van der Waals surface area contributed by atoms with Crippen molar-refractivity contribution in [2.75, 3.05) is 24.9 Å². The van der Waals surface area contributed by atoms with Crippen LogP contribution in [0.2, 0.25) is 0 Å². The summed E-state index contributed by atoms with van der Waals surface area (Å²) in [5, 5.41) is 10.2. The van der Waals surface area contributed by atoms with Crippen LogP contribution in [0.1, 0.15) is 24.0 Å². The van der Waals surface area contributed by atoms with Crippen LogP contribution in [0, 0.1) is 5.92 Å². The van der Waals surface area contributed by atoms with Crippen molar-refractivity contribution in [3.05, 3.63) is 65.9 Å². The number of aromatic nitrogens is 2. The molecule has 8 heteroatoms. The van der Waals surface area contributed by atoms with Crippen molar-refractivity contribution in [3.63, 3.8) is 0 Å². The Morgan fingerprint density at radius 2 is 2.00 bits per heavy atom. The monoisotopic (exact) mass is 434 g/mol. The van der Waals surface area contributed by atoms with Gasteiger partial charge in [0.15, 0.2) is 11.5 Å². The van der Waals surface area contributed by atoms with Gasteiger partial charge in [0.05, 0.1) is 27.0 Å². The fraction of sp³-hybridized carbons (Fsp3) is 0.292. The van der Waals surface area contributed by atoms with E-state index < -0.39 is 0 Å². The van der Waals surface area contributed by atoms with Crippen LogP contribution in [0.3, 0.4) is 0 Å². The zero-order valence-corrected chi connectivity index (χ0v) is 18.1. The van der Waals surface area contributed by atoms with Gasteiger partial charge in [0, 0.05) is 29.7 Å². The third-order valence-electron chi connectivity index (χ3n) is 5.62. The van der Waals surface area contributed by atoms with Gasteiger partial charge in [0.2, 0.25) is 11.8 Å². The highest BCUT2D eigenvalue weighted by Crippen LogP contribution is 2.32. The summed E-state index contributed by atoms with van der Waals surface area (Å²) in [7, 11) is 3.18. The lowest BCUT2D eigenvalue weighted by Crippen LogP contribution is -2.30. The van der Waals surface area contributed by atoms with Gasteiger partial charge in [0.1, 0.15) is 5.82 Å². The largest absolute Gasteiger partial charge is 0.493 e. The van der Waals surface area contributed by atoms with Crippen molar-refractivity contribution in [2.24, 2.45) is 5.92 Å². The highest BCUT2D eigenvalue weighted by Gasteiger charge is 2.26. The third-order valence-corrected chi connectivity index (χ3v) is 5.62. The van der Waals surface area contributed by atoms with Crippen molar-refractivity contribution in [2.45, 2.75) is 25.8 Å². The van der Waals surface area contributed by atoms with Crippen LogP contribution < -0.4 is 20.1 Å². The van der Waals surface area contributed by atoms with Crippen LogP contribution in [0.4, 0.5) is 11.5 Å². The summed E-state index contributed by atoms with van der Waals surface area (Å²) in [5.41, 5.74) is 2.83. The fourth-order valence-corrected chi connectivity index (χ4v) is 3.96. The van der Waals surface area contributed by atoms with Crippen molar-refractivity contribution >= 4 is 23.3 Å². The predicted molar refractivity (Wildman–Crippen MR) is 121 cm³/mol. The number of anilines is 2. The lowest BCUT2D eigenvalue weighted by atomic mass is 9.89. The van der Waals surface area contributed by atoms with Gasteiger partial charge in [-0.25, -0.2) is 4.68 Å². The topological polar surface area (TPSA) is 94.5 Å². The molecule has 1 unspecified atom stereocenters. The van der Waals surface area contributed by atoms with E-state index in [9.17, 15) is 9.59 Å². The molecular weight excluding hydrogens is 408 g/mol. The Kier molecular flexibility index (Phi) is 6.39. The van der Waals surface area contributed by atoms with Crippen molar-refractivity contribution in [3.8, 4) is 11.5 Å². The van der Waals surface area contributed by atoms with E-state index >= 15 is 0 Å². The highest BCUT2D eigenvalue weighted by molar-refractivity contribution is 5.96. The number of ether oxygens (including phenoxy) is 2. The number of carbonyl (C=O) groups is 2. The Morgan fingerprint density at radius 1 is 1.16 bits per heavy atom. The van der Waals surface area contributed by atoms with Crippen LogP contribution in [0.15, 0.2) is 54.7 Å². The Labute approximate surface area is 186 Å². The van der Waals surface area contributed by atoms with Crippen LogP contribution >= 0.6 is 0 Å². The average Bonchev–Trinajstić information content (AvgIpc) is 3.23. The van der Waals surface area contributed by atoms with Gasteiger partial charge < -0.3 is 20.1 Å². The zero-order chi connectivity index (χ0) is 22.5. The minimum atomic E-state index is -0.221. The van der Waals surface area contributed by atoms with E-state index in [1.807, 2.05) is 42.5 Å². The maximum atomic E-state index is 12.6. The van der Waals surface area contributed by atoms with E-state index in [1.165, 1.54) is 0 Å². The number of fused-ring (bicyclic) bond motifs is 1. The van der Waals surface area contributed by atoms with E-state index in [0.717, 1.165) is 16.8 Å². The molecule has 4 rings (SSSR count). The summed E-state index contributed by atoms with van der Waals surface area (Å²) in [6.45, 7) is 0.408. The molecule has 1 aliphatic rings. The standard InChI is InChI=1S/C24H26N4O4/c1-31-20-9-5-7-18(23(20)32-2)15-28-21(12-13-25-28)27-22(29)11-10-17-14-16-6-3-4-8-19(16)26-24(17)30/h3-9,12-13,17H,10-11,14-15H2,1-2H3,(H,26,30)(H,27,29). The number of nitrogens with one attached hydrogen (secondary N) is 2. The molecule has 0 fully saturated rings. The van der Waals surface area contributed by atoms with E-state index in [0.29, 0.717) is 36.7 Å². The number of nitrogens with zero attached hydrogens (tertiary/aromatic N) is 2. The Morgan fingerprint density at radius 3 is 2.81 bits per heavy atom. The van der Waals surface area contributed by atoms with Crippen LogP contribution in [-0.4, -0.2) is 35.8 Å². The number of methoxy groups -OCH3 is 2. The molecule has 166 valence electrons. The molecular formula is C24H26N4O4. The molecule has 2 aromatic carbocycles. The van der Waals surface area contributed by atoms with Crippen molar-refractivity contribution in [1.29, 1.82) is 0 Å². The number of carbonyl (C=O) groups excluding carboxylic acids is 2. The minimum Gasteiger partial charge on any atom is -0.493 e. The molecule has 0 aliphatic carbocycles. The molecule has 2 amide bonds. The molecule has 8 nitrogen and oxygen atoms in total. The molecule has 2 heterocycles. The Bertz CT molecular complexity index is 1120. The van der Waals surface area contributed by atoms with Gasteiger partial charge in [0.25, 0.3) is 0 Å². The molecule has 0 saturated heterocycles. The molecule has 1 aliphatic heterocycles. The van der Waals surface area contributed by atoms with E-state index in [1.54, 1.807) is 31.2 Å². The van der Waals surface area contributed by atoms with Crippen LogP contribution in [-0.2, 0) is 22.6 Å². The first-order chi connectivity index (χ1) is 15.6. The van der Waals surface area contributed by atoms with Gasteiger partial charge in [-0.1, -0.05) is 30.3 Å². The van der Waals surface area contributed by atoms with Crippen LogP contribution in [0.25, 0.3) is 0 Å². The maximum Gasteiger partial charge on any atom is 0.227 e. The number of hydrogen-bond donors (Lipinski definition) is 2. The lowest BCUT2D eigenvalue weighted by Gasteiger charge is -2.24. The predicted octanol–water partition coefficient (Wildman–Crippen LogP) is 3.48. The summed E-state index contributed by atoms with van der Waals surface area (Å²) >= 11 is 0. The number of rotatable bonds is 8. The Hall–Kier alpha value is -3.81. The van der Waals surface area contributed by atoms with Crippen molar-refractivity contribution < 1.29 is 19.1 Å². The summed E-state index contributed by atoms with van der Waals surface area (Å²) in [4.78, 5) is 25.0. The fourth-order valence-electron chi connectivity index (χ4n) is 3.96. The quantitative estimate of drug-likeness (QED) is 0.566. The minimum absolute atomic E-state index is 0.0355. The number of hydrogen-bond acceptors (Lipinski definition) is 5. The SMILES string of the molecule is COc1cccc(Cn2nccc2NC(=O)CCC2Cc3ccccc3NC2=O)c1OC. The van der Waals surface area contributed by atoms with E-state index in [-0.39, 0.29) is 24.2 Å². The summed E-state index contributed by atoms with van der Waals surface area (Å²) < 4.78 is 12.5. The number of benzene rings is 2. The second-order valence-electron chi connectivity index (χ2n) is 7.66. The first-order valence-electron chi connectivity index (χ1n) is 10.5. The highest BCUT2D eigenvalue weighted by atomic mass is 16.5. The molecule has 0 spiro atoms. The molecule has 1 aromatic heterocycles. The molecule has 0 bridgehead atoms. The Balaban J connectivity index is 1.38. The van der Waals surface area contributed by atoms with Gasteiger partial charge in [-0.2, -0.15) is 5.10 Å². The van der Waals surface area contributed by atoms with Crippen molar-refractivity contribution in [1.82, 2.24) is 9.78 Å². The van der Waals surface area contributed by atoms with Gasteiger partial charge >= 0.3 is 0 Å². The number of amides is 2. The first kappa shape index (κ1) is 21.4.